The van der Waals surface area contributed by atoms with Crippen LogP contribution < -0.4 is 4.74 Å². The van der Waals surface area contributed by atoms with Crippen LogP contribution in [-0.2, 0) is 12.6 Å². The molecule has 92 valence electrons. The average molecular weight is 250 g/mol. The Kier molecular flexibility index (Phi) is 2.33. The molecule has 18 heavy (non-hydrogen) atoms. The largest absolute Gasteiger partial charge is 0.457 e. The van der Waals surface area contributed by atoms with Gasteiger partial charge in [-0.2, -0.15) is 13.2 Å². The van der Waals surface area contributed by atoms with Gasteiger partial charge < -0.3 is 4.74 Å². The minimum absolute atomic E-state index is 0.212. The van der Waals surface area contributed by atoms with Gasteiger partial charge in [0.05, 0.1) is 5.56 Å². The van der Waals surface area contributed by atoms with Crippen molar-refractivity contribution in [2.75, 3.05) is 0 Å². The summed E-state index contributed by atoms with van der Waals surface area (Å²) in [4.78, 5) is 0. The summed E-state index contributed by atoms with van der Waals surface area (Å²) in [5.41, 5.74) is 0.375. The van der Waals surface area contributed by atoms with Crippen LogP contribution in [0.4, 0.5) is 13.2 Å². The number of hydrogen-bond donors (Lipinski definition) is 0. The number of alkyl halides is 3. The number of benzene rings is 2. The van der Waals surface area contributed by atoms with Crippen molar-refractivity contribution >= 4 is 0 Å². The Morgan fingerprint density at radius 3 is 2.39 bits per heavy atom. The van der Waals surface area contributed by atoms with E-state index in [1.54, 1.807) is 30.3 Å². The minimum Gasteiger partial charge on any atom is -0.457 e. The first-order valence-corrected chi connectivity index (χ1v) is 5.50. The molecule has 2 aromatic carbocycles. The molecule has 0 saturated carbocycles. The van der Waals surface area contributed by atoms with E-state index in [1.165, 1.54) is 6.07 Å². The van der Waals surface area contributed by atoms with Gasteiger partial charge in [-0.05, 0) is 23.8 Å². The first-order valence-electron chi connectivity index (χ1n) is 5.50. The first kappa shape index (κ1) is 11.1. The smallest absolute Gasteiger partial charge is 0.416 e. The van der Waals surface area contributed by atoms with Gasteiger partial charge in [0.25, 0.3) is 0 Å². The zero-order valence-corrected chi connectivity index (χ0v) is 9.29. The predicted octanol–water partition coefficient (Wildman–Crippen LogP) is 4.40. The predicted molar refractivity (Wildman–Crippen MR) is 60.8 cm³/mol. The molecule has 1 nitrogen and oxygen atoms in total. The van der Waals surface area contributed by atoms with E-state index in [9.17, 15) is 13.2 Å². The second-order valence-corrected chi connectivity index (χ2v) is 4.17. The van der Waals surface area contributed by atoms with E-state index in [4.69, 9.17) is 4.74 Å². The lowest BCUT2D eigenvalue weighted by Crippen LogP contribution is -2.13. The van der Waals surface area contributed by atoms with Crippen LogP contribution >= 0.6 is 0 Å². The topological polar surface area (TPSA) is 9.23 Å². The average Bonchev–Trinajstić information content (AvgIpc) is 2.34. The van der Waals surface area contributed by atoms with Gasteiger partial charge in [0.2, 0.25) is 0 Å². The van der Waals surface area contributed by atoms with Crippen molar-refractivity contribution in [3.05, 3.63) is 59.2 Å². The molecular formula is C14H9F3O. The van der Waals surface area contributed by atoms with Crippen molar-refractivity contribution < 1.29 is 17.9 Å². The summed E-state index contributed by atoms with van der Waals surface area (Å²) in [7, 11) is 0. The summed E-state index contributed by atoms with van der Waals surface area (Å²) < 4.78 is 44.2. The van der Waals surface area contributed by atoms with Crippen molar-refractivity contribution in [2.45, 2.75) is 12.6 Å². The van der Waals surface area contributed by atoms with E-state index in [1.807, 2.05) is 0 Å². The molecule has 4 heteroatoms. The van der Waals surface area contributed by atoms with Crippen LogP contribution in [0.15, 0.2) is 42.5 Å². The van der Waals surface area contributed by atoms with Crippen molar-refractivity contribution in [3.63, 3.8) is 0 Å². The third-order valence-electron chi connectivity index (χ3n) is 3.00. The van der Waals surface area contributed by atoms with Gasteiger partial charge >= 0.3 is 6.18 Å². The lowest BCUT2D eigenvalue weighted by Gasteiger charge is -2.23. The zero-order valence-electron chi connectivity index (χ0n) is 9.29. The Balaban J connectivity index is 2.14. The third-order valence-corrected chi connectivity index (χ3v) is 3.00. The quantitative estimate of drug-likeness (QED) is 0.574. The van der Waals surface area contributed by atoms with Crippen LogP contribution in [0, 0.1) is 0 Å². The maximum atomic E-state index is 12.9. The monoisotopic (exact) mass is 250 g/mol. The van der Waals surface area contributed by atoms with E-state index in [0.29, 0.717) is 11.5 Å². The summed E-state index contributed by atoms with van der Waals surface area (Å²) >= 11 is 0. The highest BCUT2D eigenvalue weighted by molar-refractivity contribution is 5.53. The third kappa shape index (κ3) is 1.74. The van der Waals surface area contributed by atoms with E-state index in [0.717, 1.165) is 11.6 Å². The molecule has 0 unspecified atom stereocenters. The summed E-state index contributed by atoms with van der Waals surface area (Å²) in [6.45, 7) is 0. The van der Waals surface area contributed by atoms with Gasteiger partial charge in [-0.1, -0.05) is 24.3 Å². The lowest BCUT2D eigenvalue weighted by molar-refractivity contribution is -0.138. The van der Waals surface area contributed by atoms with E-state index in [-0.39, 0.29) is 12.0 Å². The normalized spacial score (nSPS) is 13.5. The number of hydrogen-bond acceptors (Lipinski definition) is 1. The Bertz CT molecular complexity index is 602. The van der Waals surface area contributed by atoms with Gasteiger partial charge in [0.15, 0.2) is 0 Å². The molecule has 2 aromatic rings. The minimum atomic E-state index is -4.35. The lowest BCUT2D eigenvalue weighted by atomic mass is 9.95. The van der Waals surface area contributed by atoms with E-state index < -0.39 is 11.7 Å². The fourth-order valence-electron chi connectivity index (χ4n) is 2.17. The Morgan fingerprint density at radius 1 is 0.889 bits per heavy atom. The molecular weight excluding hydrogens is 241 g/mol. The zero-order chi connectivity index (χ0) is 12.8. The highest BCUT2D eigenvalue weighted by Gasteiger charge is 2.35. The fraction of sp³-hybridized carbons (Fsp3) is 0.143. The number of fused-ring (bicyclic) bond motifs is 2. The summed E-state index contributed by atoms with van der Waals surface area (Å²) in [6.07, 6.45) is -4.10. The molecule has 0 atom stereocenters. The number of rotatable bonds is 0. The van der Waals surface area contributed by atoms with E-state index >= 15 is 0 Å². The second kappa shape index (κ2) is 3.77. The molecule has 0 radical (unpaired) electrons. The van der Waals surface area contributed by atoms with Crippen LogP contribution in [-0.4, -0.2) is 0 Å². The molecule has 0 spiro atoms. The van der Waals surface area contributed by atoms with Gasteiger partial charge in [-0.3, -0.25) is 0 Å². The summed E-state index contributed by atoms with van der Waals surface area (Å²) in [5, 5.41) is 0. The molecule has 0 amide bonds. The van der Waals surface area contributed by atoms with Gasteiger partial charge in [-0.15, -0.1) is 0 Å². The van der Waals surface area contributed by atoms with Crippen molar-refractivity contribution in [3.8, 4) is 11.5 Å². The first-order chi connectivity index (χ1) is 8.55. The number of para-hydroxylation sites is 1. The summed E-state index contributed by atoms with van der Waals surface area (Å²) in [5.74, 6) is 0.924. The Labute approximate surface area is 102 Å². The summed E-state index contributed by atoms with van der Waals surface area (Å²) in [6, 6.07) is 11.2. The van der Waals surface area contributed by atoms with Crippen LogP contribution in [0.5, 0.6) is 11.5 Å². The molecule has 0 aliphatic carbocycles. The van der Waals surface area contributed by atoms with Gasteiger partial charge in [-0.25, -0.2) is 0 Å². The van der Waals surface area contributed by atoms with Crippen LogP contribution in [0.25, 0.3) is 0 Å². The molecule has 1 heterocycles. The molecule has 0 aromatic heterocycles. The molecule has 1 aliphatic heterocycles. The molecule has 0 bridgehead atoms. The molecule has 3 rings (SSSR count). The van der Waals surface area contributed by atoms with Gasteiger partial charge in [0, 0.05) is 12.0 Å². The SMILES string of the molecule is FC(F)(F)c1cccc2c1Cc1ccccc1O2. The van der Waals surface area contributed by atoms with Gasteiger partial charge in [0.1, 0.15) is 11.5 Å². The van der Waals surface area contributed by atoms with Crippen LogP contribution in [0.1, 0.15) is 16.7 Å². The second-order valence-electron chi connectivity index (χ2n) is 4.17. The molecule has 1 aliphatic rings. The highest BCUT2D eigenvalue weighted by atomic mass is 19.4. The molecule has 0 N–H and O–H groups in total. The highest BCUT2D eigenvalue weighted by Crippen LogP contribution is 2.42. The number of ether oxygens (including phenoxy) is 1. The maximum Gasteiger partial charge on any atom is 0.416 e. The Morgan fingerprint density at radius 2 is 1.61 bits per heavy atom. The van der Waals surface area contributed by atoms with Crippen LogP contribution in [0.3, 0.4) is 0 Å². The van der Waals surface area contributed by atoms with Crippen molar-refractivity contribution in [1.29, 1.82) is 0 Å². The molecule has 0 saturated heterocycles. The molecule has 0 fully saturated rings. The standard InChI is InChI=1S/C14H9F3O/c15-14(16,17)11-5-3-7-13-10(11)8-9-4-1-2-6-12(9)18-13/h1-7H,8H2. The van der Waals surface area contributed by atoms with Crippen LogP contribution in [0.2, 0.25) is 0 Å². The van der Waals surface area contributed by atoms with E-state index in [2.05, 4.69) is 0 Å². The van der Waals surface area contributed by atoms with Crippen molar-refractivity contribution in [1.82, 2.24) is 0 Å². The maximum absolute atomic E-state index is 12.9. The Hall–Kier alpha value is -1.97. The van der Waals surface area contributed by atoms with Crippen molar-refractivity contribution in [2.24, 2.45) is 0 Å². The number of halogens is 3. The fourth-order valence-corrected chi connectivity index (χ4v) is 2.17.